The van der Waals surface area contributed by atoms with Crippen LogP contribution in [-0.2, 0) is 6.54 Å². The summed E-state index contributed by atoms with van der Waals surface area (Å²) in [5.74, 6) is -0.347. The minimum Gasteiger partial charge on any atom is -0.366 e. The normalized spacial score (nSPS) is 19.2. The zero-order valence-electron chi connectivity index (χ0n) is 18.6. The van der Waals surface area contributed by atoms with Crippen LogP contribution in [0, 0.1) is 10.1 Å². The van der Waals surface area contributed by atoms with Gasteiger partial charge in [-0.2, -0.15) is 4.72 Å². The number of amides is 1. The van der Waals surface area contributed by atoms with E-state index >= 15 is 0 Å². The van der Waals surface area contributed by atoms with Gasteiger partial charge in [-0.3, -0.25) is 28.3 Å². The maximum absolute atomic E-state index is 12.3. The molecule has 2 aliphatic rings. The number of hydrogen-bond acceptors (Lipinski definition) is 8. The number of benzene rings is 2. The number of hydrogen-bond donors (Lipinski definition) is 4. The predicted molar refractivity (Wildman–Crippen MR) is 130 cm³/mol. The summed E-state index contributed by atoms with van der Waals surface area (Å²) < 4.78 is 25.9. The summed E-state index contributed by atoms with van der Waals surface area (Å²) in [6.07, 6.45) is 1.19. The van der Waals surface area contributed by atoms with Crippen molar-refractivity contribution in [2.75, 3.05) is 22.3 Å². The van der Waals surface area contributed by atoms with Crippen LogP contribution in [0.25, 0.3) is 0 Å². The summed E-state index contributed by atoms with van der Waals surface area (Å²) >= 11 is 0. The molecule has 1 fully saturated rings. The summed E-state index contributed by atoms with van der Waals surface area (Å²) in [4.78, 5) is 25.5. The van der Waals surface area contributed by atoms with Gasteiger partial charge in [-0.15, -0.1) is 0 Å². The molecular formula is C22H29N5O5S. The van der Waals surface area contributed by atoms with Gasteiger partial charge >= 0.3 is 0 Å². The maximum atomic E-state index is 12.3. The highest BCUT2D eigenvalue weighted by molar-refractivity contribution is 8.23. The standard InChI is InChI=1S/C22H29N5O5S/c1-15(2)24-22(28)16-7-8-20(21(13-16)27(29)30)25-11-9-18(10-12-25)26-19-6-4-3-5-17(19)14-23-33(26,31)32/h3-8,13,15,18,23,31-32H,9-12,14H2,1-2H3,(H,24,28). The molecule has 10 nitrogen and oxygen atoms in total. The quantitative estimate of drug-likeness (QED) is 0.378. The second-order valence-electron chi connectivity index (χ2n) is 8.60. The molecule has 0 atom stereocenters. The van der Waals surface area contributed by atoms with E-state index < -0.39 is 15.9 Å². The first-order chi connectivity index (χ1) is 15.7. The Morgan fingerprint density at radius 3 is 2.55 bits per heavy atom. The van der Waals surface area contributed by atoms with Gasteiger partial charge in [-0.05, 0) is 50.5 Å². The molecule has 1 saturated heterocycles. The number of carbonyl (C=O) groups excluding carboxylic acids is 1. The second kappa shape index (κ2) is 9.18. The fourth-order valence-electron chi connectivity index (χ4n) is 4.43. The highest BCUT2D eigenvalue weighted by Gasteiger charge is 2.37. The van der Waals surface area contributed by atoms with Gasteiger partial charge in [-0.1, -0.05) is 29.2 Å². The van der Waals surface area contributed by atoms with E-state index in [0.717, 1.165) is 11.3 Å². The second-order valence-corrected chi connectivity index (χ2v) is 10.3. The molecule has 11 heteroatoms. The van der Waals surface area contributed by atoms with Crippen LogP contribution >= 0.6 is 11.0 Å². The number of fused-ring (bicyclic) bond motifs is 1. The molecule has 0 bridgehead atoms. The lowest BCUT2D eigenvalue weighted by atomic mass is 10.0. The third kappa shape index (κ3) is 4.76. The van der Waals surface area contributed by atoms with Crippen LogP contribution in [0.4, 0.5) is 17.1 Å². The highest BCUT2D eigenvalue weighted by Crippen LogP contribution is 2.50. The lowest BCUT2D eigenvalue weighted by Crippen LogP contribution is -2.51. The van der Waals surface area contributed by atoms with Crippen molar-refractivity contribution in [2.24, 2.45) is 0 Å². The van der Waals surface area contributed by atoms with Crippen molar-refractivity contribution >= 4 is 33.9 Å². The summed E-state index contributed by atoms with van der Waals surface area (Å²) in [5, 5.41) is 14.5. The Labute approximate surface area is 194 Å². The molecule has 0 radical (unpaired) electrons. The minimum absolute atomic E-state index is 0.0723. The Bertz CT molecular complexity index is 1060. The summed E-state index contributed by atoms with van der Waals surface area (Å²) in [7, 11) is -3.15. The molecule has 2 heterocycles. The van der Waals surface area contributed by atoms with Crippen molar-refractivity contribution in [1.29, 1.82) is 0 Å². The number of nitro groups is 1. The van der Waals surface area contributed by atoms with E-state index in [0.29, 0.717) is 38.2 Å². The monoisotopic (exact) mass is 475 g/mol. The molecule has 4 rings (SSSR count). The third-order valence-electron chi connectivity index (χ3n) is 5.95. The number of anilines is 2. The van der Waals surface area contributed by atoms with Crippen molar-refractivity contribution < 1.29 is 18.8 Å². The molecule has 2 aromatic rings. The molecular weight excluding hydrogens is 446 g/mol. The predicted octanol–water partition coefficient (Wildman–Crippen LogP) is 3.89. The van der Waals surface area contributed by atoms with Crippen LogP contribution in [0.2, 0.25) is 0 Å². The molecule has 2 aromatic carbocycles. The molecule has 1 amide bonds. The van der Waals surface area contributed by atoms with Gasteiger partial charge in [0.25, 0.3) is 11.6 Å². The minimum atomic E-state index is -3.15. The van der Waals surface area contributed by atoms with E-state index in [1.807, 2.05) is 43.0 Å². The molecule has 0 unspecified atom stereocenters. The van der Waals surface area contributed by atoms with Gasteiger partial charge in [0.2, 0.25) is 0 Å². The van der Waals surface area contributed by atoms with Gasteiger partial charge < -0.3 is 10.2 Å². The fourth-order valence-corrected chi connectivity index (χ4v) is 5.99. The Hall–Kier alpha value is -2.86. The van der Waals surface area contributed by atoms with E-state index in [-0.39, 0.29) is 29.2 Å². The summed E-state index contributed by atoms with van der Waals surface area (Å²) in [5.41, 5.74) is 2.40. The maximum Gasteiger partial charge on any atom is 0.293 e. The first kappa shape index (κ1) is 23.3. The van der Waals surface area contributed by atoms with Crippen molar-refractivity contribution in [3.05, 3.63) is 63.7 Å². The first-order valence-corrected chi connectivity index (χ1v) is 12.4. The molecule has 0 aliphatic carbocycles. The number of nitrogens with one attached hydrogen (secondary N) is 2. The van der Waals surface area contributed by atoms with Gasteiger partial charge in [0.15, 0.2) is 0 Å². The lowest BCUT2D eigenvalue weighted by Gasteiger charge is -2.53. The molecule has 0 aromatic heterocycles. The zero-order valence-corrected chi connectivity index (χ0v) is 19.4. The number of piperidine rings is 1. The number of para-hydroxylation sites is 1. The number of nitrogens with zero attached hydrogens (tertiary/aromatic N) is 3. The van der Waals surface area contributed by atoms with Crippen molar-refractivity contribution in [3.8, 4) is 0 Å². The number of nitro benzene ring substituents is 1. The summed E-state index contributed by atoms with van der Waals surface area (Å²) in [6, 6.07) is 12.0. The van der Waals surface area contributed by atoms with Crippen molar-refractivity contribution in [3.63, 3.8) is 0 Å². The third-order valence-corrected chi connectivity index (χ3v) is 7.53. The Morgan fingerprint density at radius 2 is 1.88 bits per heavy atom. The van der Waals surface area contributed by atoms with Gasteiger partial charge in [0, 0.05) is 37.3 Å². The van der Waals surface area contributed by atoms with Crippen molar-refractivity contribution in [1.82, 2.24) is 10.0 Å². The Balaban J connectivity index is 1.53. The lowest BCUT2D eigenvalue weighted by molar-refractivity contribution is -0.384. The largest absolute Gasteiger partial charge is 0.366 e. The van der Waals surface area contributed by atoms with Gasteiger partial charge in [0.1, 0.15) is 5.69 Å². The van der Waals surface area contributed by atoms with Gasteiger partial charge in [0.05, 0.1) is 16.7 Å². The smallest absolute Gasteiger partial charge is 0.293 e. The van der Waals surface area contributed by atoms with Crippen LogP contribution in [0.1, 0.15) is 42.6 Å². The van der Waals surface area contributed by atoms with E-state index in [1.54, 1.807) is 16.4 Å². The Kier molecular flexibility index (Phi) is 6.48. The van der Waals surface area contributed by atoms with Crippen LogP contribution in [0.5, 0.6) is 0 Å². The summed E-state index contributed by atoms with van der Waals surface area (Å²) in [6.45, 7) is 5.07. The molecule has 0 spiro atoms. The average Bonchev–Trinajstić information content (AvgIpc) is 2.78. The van der Waals surface area contributed by atoms with Crippen LogP contribution in [-0.4, -0.2) is 45.1 Å². The highest BCUT2D eigenvalue weighted by atomic mass is 32.3. The van der Waals surface area contributed by atoms with Crippen LogP contribution in [0.3, 0.4) is 0 Å². The topological polar surface area (TPSA) is 131 Å². The average molecular weight is 476 g/mol. The van der Waals surface area contributed by atoms with Crippen molar-refractivity contribution in [2.45, 2.75) is 45.3 Å². The van der Waals surface area contributed by atoms with Gasteiger partial charge in [-0.25, -0.2) is 0 Å². The Morgan fingerprint density at radius 1 is 1.18 bits per heavy atom. The SMILES string of the molecule is CC(C)NC(=O)c1ccc(N2CCC(N3c4ccccc4CNS3(O)O)CC2)c([N+](=O)[O-])c1. The molecule has 33 heavy (non-hydrogen) atoms. The van der Waals surface area contributed by atoms with Crippen LogP contribution < -0.4 is 19.2 Å². The molecule has 4 N–H and O–H groups in total. The van der Waals surface area contributed by atoms with E-state index in [1.165, 1.54) is 6.07 Å². The first-order valence-electron chi connectivity index (χ1n) is 10.9. The fraction of sp³-hybridized carbons (Fsp3) is 0.409. The van der Waals surface area contributed by atoms with Crippen LogP contribution in [0.15, 0.2) is 42.5 Å². The van der Waals surface area contributed by atoms with E-state index in [2.05, 4.69) is 10.0 Å². The molecule has 178 valence electrons. The molecule has 0 saturated carbocycles. The zero-order chi connectivity index (χ0) is 23.8. The van der Waals surface area contributed by atoms with E-state index in [4.69, 9.17) is 0 Å². The number of rotatable bonds is 5. The van der Waals surface area contributed by atoms with E-state index in [9.17, 15) is 24.0 Å². The molecule has 2 aliphatic heterocycles. The number of carbonyl (C=O) groups is 1.